The molecule has 0 bridgehead atoms. The molecule has 164 valence electrons. The van der Waals surface area contributed by atoms with E-state index < -0.39 is 10.0 Å². The molecule has 2 aliphatic rings. The maximum atomic E-state index is 12.3. The molecule has 0 unspecified atom stereocenters. The molecule has 0 radical (unpaired) electrons. The molecule has 0 N–H and O–H groups in total. The molecule has 6 nitrogen and oxygen atoms in total. The fourth-order valence-electron chi connectivity index (χ4n) is 4.46. The molecule has 0 atom stereocenters. The van der Waals surface area contributed by atoms with E-state index >= 15 is 0 Å². The minimum absolute atomic E-state index is 0.142. The van der Waals surface area contributed by atoms with Crippen molar-refractivity contribution < 1.29 is 8.42 Å². The van der Waals surface area contributed by atoms with Gasteiger partial charge in [0.1, 0.15) is 10.6 Å². The standard InChI is InChI=1S/C22H25ClN4O2S2/c1-2-31(28,29)27-13-11-26(12-14-27)21-19-17-5-3-4-6-18(17)30-22(19)25-20(24-21)15-7-9-16(23)10-8-15/h7-10H,2-6,11-14H2,1H3. The molecule has 1 fully saturated rings. The Hall–Kier alpha value is -1.74. The highest BCUT2D eigenvalue weighted by Gasteiger charge is 2.29. The summed E-state index contributed by atoms with van der Waals surface area (Å²) in [5, 5.41) is 1.86. The molecule has 9 heteroatoms. The van der Waals surface area contributed by atoms with Gasteiger partial charge >= 0.3 is 0 Å². The number of rotatable bonds is 4. The summed E-state index contributed by atoms with van der Waals surface area (Å²) < 4.78 is 26.2. The van der Waals surface area contributed by atoms with Gasteiger partial charge in [0.05, 0.1) is 11.1 Å². The second-order valence-electron chi connectivity index (χ2n) is 8.06. The Morgan fingerprint density at radius 2 is 1.74 bits per heavy atom. The van der Waals surface area contributed by atoms with Crippen LogP contribution in [0.1, 0.15) is 30.2 Å². The number of aromatic nitrogens is 2. The molecule has 3 aromatic rings. The van der Waals surface area contributed by atoms with E-state index in [0.717, 1.165) is 29.1 Å². The van der Waals surface area contributed by atoms with Crippen LogP contribution in [0.3, 0.4) is 0 Å². The van der Waals surface area contributed by atoms with E-state index in [-0.39, 0.29) is 5.75 Å². The first-order valence-corrected chi connectivity index (χ1v) is 13.6. The molecule has 3 heterocycles. The number of hydrogen-bond acceptors (Lipinski definition) is 6. The normalized spacial score (nSPS) is 17.8. The molecule has 1 aromatic carbocycles. The Bertz CT molecular complexity index is 1220. The Morgan fingerprint density at radius 3 is 2.45 bits per heavy atom. The third-order valence-corrected chi connectivity index (χ3v) is 9.51. The number of anilines is 1. The minimum Gasteiger partial charge on any atom is -0.353 e. The topological polar surface area (TPSA) is 66.4 Å². The lowest BCUT2D eigenvalue weighted by Gasteiger charge is -2.35. The first-order chi connectivity index (χ1) is 15.0. The average Bonchev–Trinajstić information content (AvgIpc) is 3.17. The Morgan fingerprint density at radius 1 is 1.03 bits per heavy atom. The maximum absolute atomic E-state index is 12.3. The molecular formula is C22H25ClN4O2S2. The van der Waals surface area contributed by atoms with Gasteiger partial charge in [0.25, 0.3) is 0 Å². The summed E-state index contributed by atoms with van der Waals surface area (Å²) in [4.78, 5) is 14.7. The maximum Gasteiger partial charge on any atom is 0.213 e. The highest BCUT2D eigenvalue weighted by molar-refractivity contribution is 7.89. The molecule has 0 amide bonds. The zero-order chi connectivity index (χ0) is 21.6. The van der Waals surface area contributed by atoms with Gasteiger partial charge in [-0.1, -0.05) is 11.6 Å². The van der Waals surface area contributed by atoms with Crippen molar-refractivity contribution in [2.45, 2.75) is 32.6 Å². The van der Waals surface area contributed by atoms with Gasteiger partial charge in [0, 0.05) is 41.6 Å². The van der Waals surface area contributed by atoms with E-state index in [1.165, 1.54) is 28.7 Å². The molecule has 0 saturated carbocycles. The number of hydrogen-bond donors (Lipinski definition) is 0. The second kappa shape index (κ2) is 8.31. The van der Waals surface area contributed by atoms with Crippen LogP contribution in [-0.2, 0) is 22.9 Å². The fourth-order valence-corrected chi connectivity index (χ4v) is 6.92. The van der Waals surface area contributed by atoms with Gasteiger partial charge in [-0.2, -0.15) is 4.31 Å². The van der Waals surface area contributed by atoms with E-state index in [0.29, 0.717) is 37.0 Å². The molecule has 1 saturated heterocycles. The molecule has 5 rings (SSSR count). The van der Waals surface area contributed by atoms with Crippen LogP contribution in [0.15, 0.2) is 24.3 Å². The molecule has 1 aliphatic heterocycles. The predicted molar refractivity (Wildman–Crippen MR) is 128 cm³/mol. The van der Waals surface area contributed by atoms with Crippen LogP contribution in [-0.4, -0.2) is 54.6 Å². The number of piperazine rings is 1. The van der Waals surface area contributed by atoms with Gasteiger partial charge in [-0.3, -0.25) is 0 Å². The quantitative estimate of drug-likeness (QED) is 0.559. The van der Waals surface area contributed by atoms with Crippen LogP contribution >= 0.6 is 22.9 Å². The first kappa shape index (κ1) is 21.1. The largest absolute Gasteiger partial charge is 0.353 e. The smallest absolute Gasteiger partial charge is 0.213 e. The van der Waals surface area contributed by atoms with E-state index in [1.807, 2.05) is 24.3 Å². The van der Waals surface area contributed by atoms with E-state index in [2.05, 4.69) is 4.90 Å². The average molecular weight is 477 g/mol. The van der Waals surface area contributed by atoms with Gasteiger partial charge in [-0.15, -0.1) is 11.3 Å². The summed E-state index contributed by atoms with van der Waals surface area (Å²) in [6.07, 6.45) is 4.59. The van der Waals surface area contributed by atoms with E-state index in [4.69, 9.17) is 21.6 Å². The van der Waals surface area contributed by atoms with Crippen LogP contribution in [0, 0.1) is 0 Å². The van der Waals surface area contributed by atoms with Crippen molar-refractivity contribution in [3.05, 3.63) is 39.7 Å². The van der Waals surface area contributed by atoms with E-state index in [9.17, 15) is 8.42 Å². The van der Waals surface area contributed by atoms with Crippen molar-refractivity contribution in [2.75, 3.05) is 36.8 Å². The fraction of sp³-hybridized carbons (Fsp3) is 0.455. The monoisotopic (exact) mass is 476 g/mol. The Kier molecular flexibility index (Phi) is 5.66. The molecular weight excluding hydrogens is 452 g/mol. The van der Waals surface area contributed by atoms with Crippen molar-refractivity contribution in [1.29, 1.82) is 0 Å². The van der Waals surface area contributed by atoms with Gasteiger partial charge in [-0.05, 0) is 62.4 Å². The Labute approximate surface area is 191 Å². The first-order valence-electron chi connectivity index (χ1n) is 10.8. The van der Waals surface area contributed by atoms with Crippen LogP contribution in [0.25, 0.3) is 21.6 Å². The summed E-state index contributed by atoms with van der Waals surface area (Å²) >= 11 is 7.87. The summed E-state index contributed by atoms with van der Waals surface area (Å²) in [7, 11) is -3.16. The van der Waals surface area contributed by atoms with Crippen LogP contribution < -0.4 is 4.90 Å². The van der Waals surface area contributed by atoms with Crippen LogP contribution in [0.2, 0.25) is 5.02 Å². The zero-order valence-electron chi connectivity index (χ0n) is 17.5. The van der Waals surface area contributed by atoms with Crippen molar-refractivity contribution >= 4 is 49.0 Å². The van der Waals surface area contributed by atoms with Crippen LogP contribution in [0.5, 0.6) is 0 Å². The van der Waals surface area contributed by atoms with Gasteiger partial charge in [-0.25, -0.2) is 18.4 Å². The van der Waals surface area contributed by atoms with Crippen molar-refractivity contribution in [3.8, 4) is 11.4 Å². The zero-order valence-corrected chi connectivity index (χ0v) is 19.9. The highest BCUT2D eigenvalue weighted by Crippen LogP contribution is 2.41. The summed E-state index contributed by atoms with van der Waals surface area (Å²) in [6, 6.07) is 7.62. The van der Waals surface area contributed by atoms with Gasteiger partial charge in [0.2, 0.25) is 10.0 Å². The van der Waals surface area contributed by atoms with Gasteiger partial charge < -0.3 is 4.90 Å². The number of thiophene rings is 1. The number of halogens is 1. The lowest BCUT2D eigenvalue weighted by molar-refractivity contribution is 0.385. The van der Waals surface area contributed by atoms with Crippen LogP contribution in [0.4, 0.5) is 5.82 Å². The van der Waals surface area contributed by atoms with Crippen molar-refractivity contribution in [1.82, 2.24) is 14.3 Å². The number of nitrogens with zero attached hydrogens (tertiary/aromatic N) is 4. The summed E-state index contributed by atoms with van der Waals surface area (Å²) in [5.41, 5.74) is 2.33. The minimum atomic E-state index is -3.16. The molecule has 31 heavy (non-hydrogen) atoms. The predicted octanol–water partition coefficient (Wildman–Crippen LogP) is 4.36. The summed E-state index contributed by atoms with van der Waals surface area (Å²) in [5.74, 6) is 1.79. The van der Waals surface area contributed by atoms with Gasteiger partial charge in [0.15, 0.2) is 5.82 Å². The number of sulfonamides is 1. The van der Waals surface area contributed by atoms with Crippen molar-refractivity contribution in [3.63, 3.8) is 0 Å². The number of benzene rings is 1. The third kappa shape index (κ3) is 3.95. The third-order valence-electron chi connectivity index (χ3n) is 6.19. The van der Waals surface area contributed by atoms with E-state index in [1.54, 1.807) is 22.6 Å². The summed E-state index contributed by atoms with van der Waals surface area (Å²) in [6.45, 7) is 3.95. The highest BCUT2D eigenvalue weighted by atomic mass is 35.5. The van der Waals surface area contributed by atoms with Crippen molar-refractivity contribution in [2.24, 2.45) is 0 Å². The lowest BCUT2D eigenvalue weighted by Crippen LogP contribution is -2.49. The Balaban J connectivity index is 1.58. The number of fused-ring (bicyclic) bond motifs is 3. The molecule has 0 spiro atoms. The second-order valence-corrected chi connectivity index (χ2v) is 11.8. The molecule has 2 aromatic heterocycles. The lowest BCUT2D eigenvalue weighted by atomic mass is 9.96. The SMILES string of the molecule is CCS(=O)(=O)N1CCN(c2nc(-c3ccc(Cl)cc3)nc3sc4c(c23)CCCC4)CC1. The number of aryl methyl sites for hydroxylation is 2. The molecule has 1 aliphatic carbocycles.